The van der Waals surface area contributed by atoms with Crippen molar-refractivity contribution in [3.63, 3.8) is 0 Å². The Labute approximate surface area is 72.4 Å². The molecule has 1 aliphatic rings. The molecule has 0 heterocycles. The first-order chi connectivity index (χ1) is 5.47. The molecule has 12 heavy (non-hydrogen) atoms. The lowest BCUT2D eigenvalue weighted by atomic mass is 9.76. The van der Waals surface area contributed by atoms with E-state index in [9.17, 15) is 15.0 Å². The van der Waals surface area contributed by atoms with E-state index in [1.54, 1.807) is 6.92 Å². The molecule has 0 spiro atoms. The van der Waals surface area contributed by atoms with E-state index in [1.165, 1.54) is 0 Å². The number of hydrogen-bond acceptors (Lipinski definition) is 3. The van der Waals surface area contributed by atoms with Crippen molar-refractivity contribution in [1.82, 2.24) is 0 Å². The van der Waals surface area contributed by atoms with Crippen molar-refractivity contribution in [3.05, 3.63) is 0 Å². The van der Waals surface area contributed by atoms with Gasteiger partial charge in [0.1, 0.15) is 6.29 Å². The van der Waals surface area contributed by atoms with Gasteiger partial charge < -0.3 is 15.0 Å². The topological polar surface area (TPSA) is 57.5 Å². The molecule has 3 nitrogen and oxygen atoms in total. The number of aldehydes is 1. The summed E-state index contributed by atoms with van der Waals surface area (Å²) in [6, 6.07) is 0. The van der Waals surface area contributed by atoms with Crippen LogP contribution in [0.3, 0.4) is 0 Å². The van der Waals surface area contributed by atoms with Gasteiger partial charge in [0, 0.05) is 6.42 Å². The van der Waals surface area contributed by atoms with Gasteiger partial charge in [-0.3, -0.25) is 0 Å². The molecule has 1 fully saturated rings. The van der Waals surface area contributed by atoms with Gasteiger partial charge in [0.15, 0.2) is 0 Å². The lowest BCUT2D eigenvalue weighted by Crippen LogP contribution is -2.41. The minimum Gasteiger partial charge on any atom is -0.390 e. The Morgan fingerprint density at radius 2 is 1.75 bits per heavy atom. The summed E-state index contributed by atoms with van der Waals surface area (Å²) in [6.07, 6.45) is 3.16. The van der Waals surface area contributed by atoms with E-state index in [0.717, 1.165) is 6.29 Å². The summed E-state index contributed by atoms with van der Waals surface area (Å²) in [5, 5.41) is 19.3. The monoisotopic (exact) mass is 172 g/mol. The molecule has 1 aliphatic carbocycles. The molecule has 0 unspecified atom stereocenters. The second-order valence-corrected chi connectivity index (χ2v) is 4.09. The van der Waals surface area contributed by atoms with E-state index >= 15 is 0 Å². The fourth-order valence-electron chi connectivity index (χ4n) is 1.61. The van der Waals surface area contributed by atoms with Gasteiger partial charge in [-0.25, -0.2) is 0 Å². The summed E-state index contributed by atoms with van der Waals surface area (Å²) >= 11 is 0. The van der Waals surface area contributed by atoms with Crippen molar-refractivity contribution in [2.45, 2.75) is 50.2 Å². The number of hydrogen-bond donors (Lipinski definition) is 2. The molecule has 0 amide bonds. The fraction of sp³-hybridized carbons (Fsp3) is 0.889. The number of carbonyl (C=O) groups excluding carboxylic acids is 1. The predicted molar refractivity (Wildman–Crippen MR) is 44.7 cm³/mol. The van der Waals surface area contributed by atoms with E-state index in [-0.39, 0.29) is 6.42 Å². The molecule has 0 aliphatic heterocycles. The minimum absolute atomic E-state index is 0.198. The van der Waals surface area contributed by atoms with Crippen LogP contribution in [0.4, 0.5) is 0 Å². The Bertz CT molecular complexity index is 165. The number of rotatable bonds is 2. The van der Waals surface area contributed by atoms with Crippen molar-refractivity contribution in [2.24, 2.45) is 0 Å². The molecular formula is C9H16O3. The van der Waals surface area contributed by atoms with Gasteiger partial charge in [-0.05, 0) is 32.6 Å². The molecule has 2 N–H and O–H groups in total. The van der Waals surface area contributed by atoms with Crippen LogP contribution in [-0.4, -0.2) is 27.7 Å². The number of carbonyl (C=O) groups is 1. The third-order valence-electron chi connectivity index (χ3n) is 2.72. The lowest BCUT2D eigenvalue weighted by molar-refractivity contribution is -0.118. The average molecular weight is 172 g/mol. The van der Waals surface area contributed by atoms with Crippen molar-refractivity contribution in [3.8, 4) is 0 Å². The molecule has 0 aromatic rings. The molecule has 0 radical (unpaired) electrons. The van der Waals surface area contributed by atoms with Gasteiger partial charge in [-0.1, -0.05) is 0 Å². The normalized spacial score (nSPS) is 42.6. The summed E-state index contributed by atoms with van der Waals surface area (Å²) in [7, 11) is 0. The Morgan fingerprint density at radius 1 is 1.25 bits per heavy atom. The molecule has 0 saturated heterocycles. The molecule has 3 heteroatoms. The van der Waals surface area contributed by atoms with E-state index in [1.807, 2.05) is 0 Å². The molecule has 0 atom stereocenters. The average Bonchev–Trinajstić information content (AvgIpc) is 1.98. The highest BCUT2D eigenvalue weighted by Crippen LogP contribution is 2.35. The summed E-state index contributed by atoms with van der Waals surface area (Å²) in [6.45, 7) is 1.77. The van der Waals surface area contributed by atoms with Crippen LogP contribution in [0, 0.1) is 0 Å². The van der Waals surface area contributed by atoms with Gasteiger partial charge in [0.25, 0.3) is 0 Å². The van der Waals surface area contributed by atoms with Crippen LogP contribution in [0.5, 0.6) is 0 Å². The first kappa shape index (κ1) is 9.68. The molecule has 0 bridgehead atoms. The third kappa shape index (κ3) is 2.29. The van der Waals surface area contributed by atoms with Crippen LogP contribution >= 0.6 is 0 Å². The maximum absolute atomic E-state index is 10.2. The van der Waals surface area contributed by atoms with Crippen molar-refractivity contribution in [2.75, 3.05) is 0 Å². The van der Waals surface area contributed by atoms with E-state index in [0.29, 0.717) is 25.7 Å². The molecule has 1 saturated carbocycles. The zero-order valence-corrected chi connectivity index (χ0v) is 7.42. The van der Waals surface area contributed by atoms with Gasteiger partial charge >= 0.3 is 0 Å². The summed E-state index contributed by atoms with van der Waals surface area (Å²) in [5.74, 6) is 0. The van der Waals surface area contributed by atoms with Crippen LogP contribution in [0.25, 0.3) is 0 Å². The maximum Gasteiger partial charge on any atom is 0.122 e. The maximum atomic E-state index is 10.2. The van der Waals surface area contributed by atoms with Gasteiger partial charge in [-0.2, -0.15) is 0 Å². The van der Waals surface area contributed by atoms with E-state index in [2.05, 4.69) is 0 Å². The largest absolute Gasteiger partial charge is 0.390 e. The standard InChI is InChI=1S/C9H16O3/c1-8(11)2-4-9(12,5-3-8)6-7-10/h7,11-12H,2-6H2,1H3. The fourth-order valence-corrected chi connectivity index (χ4v) is 1.61. The second kappa shape index (κ2) is 3.15. The molecule has 70 valence electrons. The Kier molecular flexibility index (Phi) is 2.54. The highest BCUT2D eigenvalue weighted by atomic mass is 16.3. The van der Waals surface area contributed by atoms with Crippen molar-refractivity contribution < 1.29 is 15.0 Å². The predicted octanol–water partition coefficient (Wildman–Crippen LogP) is 0.632. The lowest BCUT2D eigenvalue weighted by Gasteiger charge is -2.38. The Hall–Kier alpha value is -0.410. The molecule has 1 rings (SSSR count). The van der Waals surface area contributed by atoms with Crippen molar-refractivity contribution in [1.29, 1.82) is 0 Å². The highest BCUT2D eigenvalue weighted by Gasteiger charge is 2.37. The Morgan fingerprint density at radius 3 is 2.17 bits per heavy atom. The summed E-state index contributed by atoms with van der Waals surface area (Å²) in [5.41, 5.74) is -1.49. The summed E-state index contributed by atoms with van der Waals surface area (Å²) in [4.78, 5) is 10.2. The SMILES string of the molecule is CC1(O)CCC(O)(CC=O)CC1. The molecule has 0 aromatic carbocycles. The zero-order chi connectivity index (χ0) is 9.24. The smallest absolute Gasteiger partial charge is 0.122 e. The van der Waals surface area contributed by atoms with Crippen molar-refractivity contribution >= 4 is 6.29 Å². The van der Waals surface area contributed by atoms with Crippen LogP contribution in [0.2, 0.25) is 0 Å². The molecule has 0 aromatic heterocycles. The van der Waals surface area contributed by atoms with Crippen LogP contribution in [0.1, 0.15) is 39.0 Å². The van der Waals surface area contributed by atoms with Gasteiger partial charge in [-0.15, -0.1) is 0 Å². The minimum atomic E-state index is -0.843. The quantitative estimate of drug-likeness (QED) is 0.601. The van der Waals surface area contributed by atoms with E-state index in [4.69, 9.17) is 0 Å². The first-order valence-corrected chi connectivity index (χ1v) is 4.36. The second-order valence-electron chi connectivity index (χ2n) is 4.09. The van der Waals surface area contributed by atoms with Gasteiger partial charge in [0.05, 0.1) is 11.2 Å². The first-order valence-electron chi connectivity index (χ1n) is 4.36. The zero-order valence-electron chi connectivity index (χ0n) is 7.42. The Balaban J connectivity index is 2.49. The summed E-state index contributed by atoms with van der Waals surface area (Å²) < 4.78 is 0. The van der Waals surface area contributed by atoms with E-state index < -0.39 is 11.2 Å². The van der Waals surface area contributed by atoms with Crippen LogP contribution in [-0.2, 0) is 4.79 Å². The van der Waals surface area contributed by atoms with Crippen LogP contribution < -0.4 is 0 Å². The van der Waals surface area contributed by atoms with Crippen LogP contribution in [0.15, 0.2) is 0 Å². The molecular weight excluding hydrogens is 156 g/mol. The number of aliphatic hydroxyl groups is 2. The third-order valence-corrected chi connectivity index (χ3v) is 2.72. The highest BCUT2D eigenvalue weighted by molar-refractivity contribution is 5.51. The van der Waals surface area contributed by atoms with Gasteiger partial charge in [0.2, 0.25) is 0 Å².